The van der Waals surface area contributed by atoms with Crippen LogP contribution in [0.25, 0.3) is 0 Å². The number of amides is 1. The van der Waals surface area contributed by atoms with E-state index in [2.05, 4.69) is 5.32 Å². The van der Waals surface area contributed by atoms with Gasteiger partial charge in [-0.3, -0.25) is 4.79 Å². The molecule has 0 bridgehead atoms. The summed E-state index contributed by atoms with van der Waals surface area (Å²) < 4.78 is 39.7. The number of carbonyl (C=O) groups excluding carboxylic acids is 2. The summed E-state index contributed by atoms with van der Waals surface area (Å²) in [6, 6.07) is 3.20. The van der Waals surface area contributed by atoms with Crippen LogP contribution < -0.4 is 16.0 Å². The third-order valence-corrected chi connectivity index (χ3v) is 3.47. The van der Waals surface area contributed by atoms with Gasteiger partial charge >= 0.3 is 6.18 Å². The lowest BCUT2D eigenvalue weighted by Crippen LogP contribution is -2.32. The number of rotatable bonds is 4. The molecule has 0 spiro atoms. The standard InChI is InChI=1S/C14H16F3N3O2.ClH/c15-14(16,17)11-3-1-2-10(13(22)19-5-7-21)12(11)20-6-4-9(18)8-20;/h1-3,7,9H,4-6,8,18H2,(H,19,22);1H/t9-;/m0./s1. The minimum atomic E-state index is -4.58. The highest BCUT2D eigenvalue weighted by atomic mass is 35.5. The van der Waals surface area contributed by atoms with E-state index in [9.17, 15) is 22.8 Å². The number of carbonyl (C=O) groups is 2. The van der Waals surface area contributed by atoms with Gasteiger partial charge in [0, 0.05) is 19.1 Å². The van der Waals surface area contributed by atoms with Gasteiger partial charge in [0.15, 0.2) is 0 Å². The summed E-state index contributed by atoms with van der Waals surface area (Å²) in [5.41, 5.74) is 4.60. The number of hydrogen-bond donors (Lipinski definition) is 2. The molecule has 5 nitrogen and oxygen atoms in total. The Morgan fingerprint density at radius 2 is 2.13 bits per heavy atom. The summed E-state index contributed by atoms with van der Waals surface area (Å²) in [4.78, 5) is 23.9. The fraction of sp³-hybridized carbons (Fsp3) is 0.429. The van der Waals surface area contributed by atoms with Crippen LogP contribution in [0.1, 0.15) is 22.3 Å². The van der Waals surface area contributed by atoms with Gasteiger partial charge < -0.3 is 20.7 Å². The second-order valence-electron chi connectivity index (χ2n) is 5.07. The first-order valence-corrected chi connectivity index (χ1v) is 6.77. The Bertz CT molecular complexity index is 581. The van der Waals surface area contributed by atoms with Crippen LogP contribution in [0.2, 0.25) is 0 Å². The zero-order valence-corrected chi connectivity index (χ0v) is 12.9. The number of nitrogens with one attached hydrogen (secondary N) is 1. The van der Waals surface area contributed by atoms with Crippen LogP contribution in [0.15, 0.2) is 18.2 Å². The molecule has 3 N–H and O–H groups in total. The van der Waals surface area contributed by atoms with Crippen molar-refractivity contribution in [3.63, 3.8) is 0 Å². The molecular formula is C14H17ClF3N3O2. The van der Waals surface area contributed by atoms with Crippen LogP contribution in [0, 0.1) is 0 Å². The number of hydrogen-bond acceptors (Lipinski definition) is 4. The molecule has 0 radical (unpaired) electrons. The summed E-state index contributed by atoms with van der Waals surface area (Å²) in [6.07, 6.45) is -3.55. The van der Waals surface area contributed by atoms with E-state index in [0.29, 0.717) is 19.3 Å². The number of benzene rings is 1. The summed E-state index contributed by atoms with van der Waals surface area (Å²) in [6.45, 7) is 0.345. The smallest absolute Gasteiger partial charge is 0.369 e. The molecule has 1 aliphatic rings. The number of alkyl halides is 3. The SMILES string of the molecule is Cl.N[C@H]1CCN(c2c(C(=O)NCC=O)cccc2C(F)(F)F)C1. The highest BCUT2D eigenvalue weighted by molar-refractivity contribution is 6.01. The Kier molecular flexibility index (Phi) is 6.40. The number of nitrogens with zero attached hydrogens (tertiary/aromatic N) is 1. The molecule has 0 aromatic heterocycles. The topological polar surface area (TPSA) is 75.4 Å². The minimum absolute atomic E-state index is 0. The maximum absolute atomic E-state index is 13.2. The molecule has 1 aliphatic heterocycles. The van der Waals surface area contributed by atoms with E-state index in [1.54, 1.807) is 0 Å². The number of aldehydes is 1. The summed E-state index contributed by atoms with van der Waals surface area (Å²) in [5, 5.41) is 2.27. The van der Waals surface area contributed by atoms with Gasteiger partial charge in [0.25, 0.3) is 5.91 Å². The molecule has 23 heavy (non-hydrogen) atoms. The Morgan fingerprint density at radius 1 is 1.43 bits per heavy atom. The van der Waals surface area contributed by atoms with E-state index in [0.717, 1.165) is 6.07 Å². The first-order chi connectivity index (χ1) is 10.3. The molecule has 0 aliphatic carbocycles. The quantitative estimate of drug-likeness (QED) is 0.808. The van der Waals surface area contributed by atoms with Crippen molar-refractivity contribution in [1.82, 2.24) is 5.32 Å². The van der Waals surface area contributed by atoms with E-state index in [4.69, 9.17) is 5.73 Å². The van der Waals surface area contributed by atoms with Crippen LogP contribution >= 0.6 is 12.4 Å². The average Bonchev–Trinajstić information content (AvgIpc) is 2.89. The van der Waals surface area contributed by atoms with Crippen LogP contribution in [0.4, 0.5) is 18.9 Å². The fourth-order valence-electron chi connectivity index (χ4n) is 2.52. The molecule has 1 amide bonds. The summed E-state index contributed by atoms with van der Waals surface area (Å²) >= 11 is 0. The van der Waals surface area contributed by atoms with E-state index in [1.807, 2.05) is 0 Å². The number of anilines is 1. The molecule has 9 heteroatoms. The molecule has 2 rings (SSSR count). The zero-order chi connectivity index (χ0) is 16.3. The Balaban J connectivity index is 0.00000264. The van der Waals surface area contributed by atoms with Gasteiger partial charge in [-0.2, -0.15) is 13.2 Å². The first-order valence-electron chi connectivity index (χ1n) is 6.77. The van der Waals surface area contributed by atoms with Gasteiger partial charge in [-0.15, -0.1) is 12.4 Å². The van der Waals surface area contributed by atoms with Crippen molar-refractivity contribution in [1.29, 1.82) is 0 Å². The second-order valence-corrected chi connectivity index (χ2v) is 5.07. The van der Waals surface area contributed by atoms with Crippen molar-refractivity contribution < 1.29 is 22.8 Å². The molecule has 1 aromatic rings. The molecule has 1 heterocycles. The Labute approximate surface area is 137 Å². The summed E-state index contributed by atoms with van der Waals surface area (Å²) in [7, 11) is 0. The average molecular weight is 352 g/mol. The van der Waals surface area contributed by atoms with Gasteiger partial charge in [0.1, 0.15) is 6.29 Å². The molecule has 1 saturated heterocycles. The fourth-order valence-corrected chi connectivity index (χ4v) is 2.52. The van der Waals surface area contributed by atoms with Gasteiger partial charge in [-0.25, -0.2) is 0 Å². The van der Waals surface area contributed by atoms with E-state index in [1.165, 1.54) is 17.0 Å². The lowest BCUT2D eigenvalue weighted by molar-refractivity contribution is -0.137. The number of nitrogens with two attached hydrogens (primary N) is 1. The molecule has 1 fully saturated rings. The largest absolute Gasteiger partial charge is 0.418 e. The van der Waals surface area contributed by atoms with E-state index < -0.39 is 17.6 Å². The van der Waals surface area contributed by atoms with Gasteiger partial charge in [0.05, 0.1) is 23.4 Å². The Morgan fingerprint density at radius 3 is 2.65 bits per heavy atom. The third-order valence-electron chi connectivity index (χ3n) is 3.47. The minimum Gasteiger partial charge on any atom is -0.369 e. The van der Waals surface area contributed by atoms with Gasteiger partial charge in [-0.05, 0) is 18.6 Å². The molecular weight excluding hydrogens is 335 g/mol. The van der Waals surface area contributed by atoms with Crippen LogP contribution in [-0.4, -0.2) is 37.9 Å². The number of halogens is 4. The summed E-state index contributed by atoms with van der Waals surface area (Å²) in [5.74, 6) is -0.714. The third kappa shape index (κ3) is 4.35. The van der Waals surface area contributed by atoms with Crippen molar-refractivity contribution in [3.8, 4) is 0 Å². The predicted octanol–water partition coefficient (Wildman–Crippen LogP) is 1.59. The van der Waals surface area contributed by atoms with Crippen molar-refractivity contribution in [2.24, 2.45) is 5.73 Å². The van der Waals surface area contributed by atoms with Crippen molar-refractivity contribution in [2.75, 3.05) is 24.5 Å². The molecule has 0 unspecified atom stereocenters. The Hall–Kier alpha value is -1.80. The van der Waals surface area contributed by atoms with Gasteiger partial charge in [-0.1, -0.05) is 6.07 Å². The maximum atomic E-state index is 13.2. The molecule has 0 saturated carbocycles. The normalized spacial score (nSPS) is 17.6. The van der Waals surface area contributed by atoms with Gasteiger partial charge in [0.2, 0.25) is 0 Å². The van der Waals surface area contributed by atoms with Crippen LogP contribution in [-0.2, 0) is 11.0 Å². The van der Waals surface area contributed by atoms with Crippen LogP contribution in [0.3, 0.4) is 0 Å². The van der Waals surface area contributed by atoms with Crippen LogP contribution in [0.5, 0.6) is 0 Å². The van der Waals surface area contributed by atoms with Crippen molar-refractivity contribution in [3.05, 3.63) is 29.3 Å². The maximum Gasteiger partial charge on any atom is 0.418 e. The highest BCUT2D eigenvalue weighted by Crippen LogP contribution is 2.39. The molecule has 128 valence electrons. The lowest BCUT2D eigenvalue weighted by Gasteiger charge is -2.25. The van der Waals surface area contributed by atoms with Crippen molar-refractivity contribution >= 4 is 30.3 Å². The lowest BCUT2D eigenvalue weighted by atomic mass is 10.0. The molecule has 1 atom stereocenters. The second kappa shape index (κ2) is 7.65. The molecule has 1 aromatic carbocycles. The monoisotopic (exact) mass is 351 g/mol. The first kappa shape index (κ1) is 19.2. The number of para-hydroxylation sites is 1. The van der Waals surface area contributed by atoms with Crippen molar-refractivity contribution in [2.45, 2.75) is 18.6 Å². The predicted molar refractivity (Wildman–Crippen MR) is 81.9 cm³/mol. The highest BCUT2D eigenvalue weighted by Gasteiger charge is 2.38. The van der Waals surface area contributed by atoms with E-state index >= 15 is 0 Å². The zero-order valence-electron chi connectivity index (χ0n) is 12.1. The van der Waals surface area contributed by atoms with E-state index in [-0.39, 0.29) is 42.8 Å².